The predicted molar refractivity (Wildman–Crippen MR) is 75.0 cm³/mol. The molecule has 0 spiro atoms. The van der Waals surface area contributed by atoms with Crippen LogP contribution in [0.25, 0.3) is 16.3 Å². The van der Waals surface area contributed by atoms with Crippen LogP contribution in [0.2, 0.25) is 0 Å². The van der Waals surface area contributed by atoms with Crippen LogP contribution in [-0.4, -0.2) is 28.7 Å². The van der Waals surface area contributed by atoms with Gasteiger partial charge in [-0.2, -0.15) is 9.50 Å². The zero-order chi connectivity index (χ0) is 12.7. The highest BCUT2D eigenvalue weighted by molar-refractivity contribution is 7.15. The third-order valence-corrected chi connectivity index (χ3v) is 3.58. The van der Waals surface area contributed by atoms with Gasteiger partial charge in [0.1, 0.15) is 5.82 Å². The zero-order valence-corrected chi connectivity index (χ0v) is 11.0. The van der Waals surface area contributed by atoms with Gasteiger partial charge in [-0.25, -0.2) is 0 Å². The quantitative estimate of drug-likeness (QED) is 0.765. The molecule has 0 aliphatic carbocycles. The van der Waals surface area contributed by atoms with Crippen molar-refractivity contribution in [3.63, 3.8) is 0 Å². The van der Waals surface area contributed by atoms with E-state index in [1.54, 1.807) is 4.52 Å². The molecule has 0 aliphatic rings. The summed E-state index contributed by atoms with van der Waals surface area (Å²) in [5.41, 5.74) is 7.94. The topological polar surface area (TPSA) is 59.5 Å². The molecule has 92 valence electrons. The molecule has 6 heteroatoms. The first-order chi connectivity index (χ1) is 8.65. The summed E-state index contributed by atoms with van der Waals surface area (Å²) >= 11 is 1.49. The van der Waals surface area contributed by atoms with Gasteiger partial charge in [-0.05, 0) is 24.3 Å². The minimum absolute atomic E-state index is 0.624. The molecular formula is C12H13N5S. The van der Waals surface area contributed by atoms with E-state index in [2.05, 4.69) is 15.0 Å². The molecule has 2 N–H and O–H groups in total. The molecule has 5 nitrogen and oxygen atoms in total. The van der Waals surface area contributed by atoms with Gasteiger partial charge < -0.3 is 10.6 Å². The summed E-state index contributed by atoms with van der Waals surface area (Å²) < 4.78 is 1.67. The third kappa shape index (κ3) is 1.70. The van der Waals surface area contributed by atoms with E-state index >= 15 is 0 Å². The summed E-state index contributed by atoms with van der Waals surface area (Å²) in [5, 5.41) is 6.24. The molecule has 3 aromatic rings. The van der Waals surface area contributed by atoms with Gasteiger partial charge in [0.2, 0.25) is 4.96 Å². The fourth-order valence-electron chi connectivity index (χ4n) is 1.74. The normalized spacial score (nSPS) is 11.0. The number of nitrogens with zero attached hydrogens (tertiary/aromatic N) is 4. The Balaban J connectivity index is 2.03. The van der Waals surface area contributed by atoms with E-state index in [9.17, 15) is 0 Å². The highest BCUT2D eigenvalue weighted by Crippen LogP contribution is 2.23. The summed E-state index contributed by atoms with van der Waals surface area (Å²) in [5.74, 6) is 1.33. The smallest absolute Gasteiger partial charge is 0.214 e. The first-order valence-corrected chi connectivity index (χ1v) is 6.40. The third-order valence-electron chi connectivity index (χ3n) is 2.75. The van der Waals surface area contributed by atoms with Crippen molar-refractivity contribution in [1.82, 2.24) is 14.6 Å². The number of nitrogens with two attached hydrogens (primary N) is 1. The standard InChI is InChI=1S/C12H13N5S/c1-16(2)9-5-3-8(4-6-9)11-14-12-17(15-11)10(13)7-18-12/h3-7H,13H2,1-2H3. The lowest BCUT2D eigenvalue weighted by Gasteiger charge is -2.11. The van der Waals surface area contributed by atoms with Gasteiger partial charge in [0.15, 0.2) is 5.82 Å². The minimum Gasteiger partial charge on any atom is -0.383 e. The molecule has 0 aliphatic heterocycles. The highest BCUT2D eigenvalue weighted by Gasteiger charge is 2.09. The van der Waals surface area contributed by atoms with Gasteiger partial charge in [0, 0.05) is 30.7 Å². The van der Waals surface area contributed by atoms with Crippen molar-refractivity contribution >= 4 is 27.8 Å². The predicted octanol–water partition coefficient (Wildman–Crippen LogP) is 2.11. The number of thiazole rings is 1. The fraction of sp³-hybridized carbons (Fsp3) is 0.167. The van der Waals surface area contributed by atoms with Crippen LogP contribution in [0.15, 0.2) is 29.6 Å². The van der Waals surface area contributed by atoms with Crippen LogP contribution < -0.4 is 10.6 Å². The molecule has 0 unspecified atom stereocenters. The highest BCUT2D eigenvalue weighted by atomic mass is 32.1. The lowest BCUT2D eigenvalue weighted by Crippen LogP contribution is -2.07. The summed E-state index contributed by atoms with van der Waals surface area (Å²) in [6, 6.07) is 8.14. The van der Waals surface area contributed by atoms with Gasteiger partial charge in [-0.3, -0.25) is 0 Å². The molecule has 1 aromatic carbocycles. The second-order valence-electron chi connectivity index (χ2n) is 4.23. The first kappa shape index (κ1) is 11.0. The Morgan fingerprint density at radius 2 is 1.94 bits per heavy atom. The maximum absolute atomic E-state index is 5.80. The van der Waals surface area contributed by atoms with Crippen molar-refractivity contribution < 1.29 is 0 Å². The van der Waals surface area contributed by atoms with Crippen LogP contribution in [0.1, 0.15) is 0 Å². The largest absolute Gasteiger partial charge is 0.383 e. The average Bonchev–Trinajstić information content (AvgIpc) is 2.92. The Bertz CT molecular complexity index is 680. The number of hydrogen-bond donors (Lipinski definition) is 1. The zero-order valence-electron chi connectivity index (χ0n) is 10.2. The Morgan fingerprint density at radius 3 is 2.56 bits per heavy atom. The summed E-state index contributed by atoms with van der Waals surface area (Å²) in [7, 11) is 4.03. The van der Waals surface area contributed by atoms with Gasteiger partial charge >= 0.3 is 0 Å². The Morgan fingerprint density at radius 1 is 1.22 bits per heavy atom. The molecule has 18 heavy (non-hydrogen) atoms. The van der Waals surface area contributed by atoms with Crippen molar-refractivity contribution in [3.05, 3.63) is 29.6 Å². The average molecular weight is 259 g/mol. The summed E-state index contributed by atoms with van der Waals surface area (Å²) in [6.07, 6.45) is 0. The van der Waals surface area contributed by atoms with Gasteiger partial charge in [0.05, 0.1) is 0 Å². The minimum atomic E-state index is 0.624. The molecule has 0 atom stereocenters. The summed E-state index contributed by atoms with van der Waals surface area (Å²) in [4.78, 5) is 7.33. The van der Waals surface area contributed by atoms with E-state index in [1.807, 2.05) is 43.7 Å². The number of hydrogen-bond acceptors (Lipinski definition) is 5. The first-order valence-electron chi connectivity index (χ1n) is 5.52. The van der Waals surface area contributed by atoms with Crippen LogP contribution in [0.4, 0.5) is 11.5 Å². The van der Waals surface area contributed by atoms with Crippen molar-refractivity contribution in [2.75, 3.05) is 24.7 Å². The molecule has 2 heterocycles. The maximum atomic E-state index is 5.80. The van der Waals surface area contributed by atoms with Gasteiger partial charge in [-0.1, -0.05) is 0 Å². The Labute approximate surface area is 108 Å². The molecule has 0 fully saturated rings. The van der Waals surface area contributed by atoms with E-state index in [4.69, 9.17) is 5.73 Å². The monoisotopic (exact) mass is 259 g/mol. The molecule has 0 radical (unpaired) electrons. The second-order valence-corrected chi connectivity index (χ2v) is 5.07. The number of rotatable bonds is 2. The van der Waals surface area contributed by atoms with Crippen LogP contribution >= 0.6 is 11.3 Å². The number of nitrogen functional groups attached to an aromatic ring is 1. The van der Waals surface area contributed by atoms with Crippen molar-refractivity contribution in [2.45, 2.75) is 0 Å². The van der Waals surface area contributed by atoms with E-state index in [0.29, 0.717) is 11.6 Å². The van der Waals surface area contributed by atoms with Crippen molar-refractivity contribution in [1.29, 1.82) is 0 Å². The molecule has 2 aromatic heterocycles. The number of anilines is 2. The number of aromatic nitrogens is 3. The molecule has 0 saturated heterocycles. The van der Waals surface area contributed by atoms with Crippen LogP contribution in [0.5, 0.6) is 0 Å². The van der Waals surface area contributed by atoms with E-state index < -0.39 is 0 Å². The maximum Gasteiger partial charge on any atom is 0.214 e. The molecule has 0 bridgehead atoms. The van der Waals surface area contributed by atoms with Crippen LogP contribution in [0, 0.1) is 0 Å². The molecular weight excluding hydrogens is 246 g/mol. The van der Waals surface area contributed by atoms with Crippen LogP contribution in [-0.2, 0) is 0 Å². The van der Waals surface area contributed by atoms with Crippen molar-refractivity contribution in [2.24, 2.45) is 0 Å². The summed E-state index contributed by atoms with van der Waals surface area (Å²) in [6.45, 7) is 0. The lowest BCUT2D eigenvalue weighted by molar-refractivity contribution is 0.993. The lowest BCUT2D eigenvalue weighted by atomic mass is 10.2. The molecule has 3 rings (SSSR count). The van der Waals surface area contributed by atoms with Gasteiger partial charge in [0.25, 0.3) is 0 Å². The second kappa shape index (κ2) is 3.99. The van der Waals surface area contributed by atoms with Crippen molar-refractivity contribution in [3.8, 4) is 11.4 Å². The Kier molecular flexibility index (Phi) is 2.45. The fourth-order valence-corrected chi connectivity index (χ4v) is 2.45. The van der Waals surface area contributed by atoms with E-state index in [1.165, 1.54) is 11.3 Å². The number of benzene rings is 1. The van der Waals surface area contributed by atoms with Crippen LogP contribution in [0.3, 0.4) is 0 Å². The molecule has 0 amide bonds. The molecule has 0 saturated carbocycles. The van der Waals surface area contributed by atoms with E-state index in [0.717, 1.165) is 16.2 Å². The van der Waals surface area contributed by atoms with E-state index in [-0.39, 0.29) is 0 Å². The SMILES string of the molecule is CN(C)c1ccc(-c2nc3scc(N)n3n2)cc1. The Hall–Kier alpha value is -2.08. The van der Waals surface area contributed by atoms with Gasteiger partial charge in [-0.15, -0.1) is 16.4 Å². The number of fused-ring (bicyclic) bond motifs is 1.